The minimum Gasteiger partial charge on any atom is -0.484 e. The zero-order chi connectivity index (χ0) is 20.0. The summed E-state index contributed by atoms with van der Waals surface area (Å²) in [6.07, 6.45) is 0. The van der Waals surface area contributed by atoms with Crippen LogP contribution >= 0.6 is 0 Å². The third-order valence-electron chi connectivity index (χ3n) is 4.37. The lowest BCUT2D eigenvalue weighted by Gasteiger charge is -2.20. The summed E-state index contributed by atoms with van der Waals surface area (Å²) in [6.45, 7) is 6.91. The molecule has 0 unspecified atom stereocenters. The van der Waals surface area contributed by atoms with Crippen molar-refractivity contribution in [2.45, 2.75) is 32.7 Å². The second kappa shape index (κ2) is 8.71. The molecule has 27 heavy (non-hydrogen) atoms. The van der Waals surface area contributed by atoms with Gasteiger partial charge in [-0.15, -0.1) is 0 Å². The minimum absolute atomic E-state index is 0.0122. The Balaban J connectivity index is 1.87. The molecule has 0 aliphatic carbocycles. The van der Waals surface area contributed by atoms with Crippen LogP contribution in [0, 0.1) is 0 Å². The van der Waals surface area contributed by atoms with Crippen LogP contribution in [-0.4, -0.2) is 37.4 Å². The highest BCUT2D eigenvalue weighted by molar-refractivity contribution is 5.93. The Labute approximate surface area is 161 Å². The van der Waals surface area contributed by atoms with Gasteiger partial charge in [-0.25, -0.2) is 0 Å². The molecule has 2 rings (SSSR count). The van der Waals surface area contributed by atoms with E-state index < -0.39 is 0 Å². The molecule has 1 N–H and O–H groups in total. The Bertz CT molecular complexity index is 775. The van der Waals surface area contributed by atoms with Crippen molar-refractivity contribution in [2.24, 2.45) is 0 Å². The van der Waals surface area contributed by atoms with Crippen molar-refractivity contribution in [1.29, 1.82) is 0 Å². The molecule has 2 aromatic rings. The standard InChI is InChI=1S/C22H28N2O3/c1-22(2,3)18-10-12-19(13-11-18)27-15-20(25)24(5)14-16-6-8-17(9-7-16)21(26)23-4/h6-13H,14-15H2,1-5H3,(H,23,26). The lowest BCUT2D eigenvalue weighted by molar-refractivity contribution is -0.132. The molecule has 0 heterocycles. The first kappa shape index (κ1) is 20.5. The van der Waals surface area contributed by atoms with Crippen molar-refractivity contribution in [3.63, 3.8) is 0 Å². The van der Waals surface area contributed by atoms with E-state index >= 15 is 0 Å². The molecule has 0 spiro atoms. The van der Waals surface area contributed by atoms with Gasteiger partial charge >= 0.3 is 0 Å². The van der Waals surface area contributed by atoms with Crippen LogP contribution in [0.3, 0.4) is 0 Å². The fourth-order valence-electron chi connectivity index (χ4n) is 2.57. The van der Waals surface area contributed by atoms with Crippen LogP contribution in [0.2, 0.25) is 0 Å². The van der Waals surface area contributed by atoms with Gasteiger partial charge in [0.25, 0.3) is 11.8 Å². The first-order valence-electron chi connectivity index (χ1n) is 8.99. The van der Waals surface area contributed by atoms with Crippen molar-refractivity contribution >= 4 is 11.8 Å². The van der Waals surface area contributed by atoms with Gasteiger partial charge in [0.1, 0.15) is 5.75 Å². The van der Waals surface area contributed by atoms with Gasteiger partial charge in [-0.3, -0.25) is 9.59 Å². The van der Waals surface area contributed by atoms with Crippen LogP contribution in [0.25, 0.3) is 0 Å². The summed E-state index contributed by atoms with van der Waals surface area (Å²) in [5, 5.41) is 2.58. The van der Waals surface area contributed by atoms with Crippen LogP contribution < -0.4 is 10.1 Å². The number of amides is 2. The van der Waals surface area contributed by atoms with Crippen molar-refractivity contribution in [2.75, 3.05) is 20.7 Å². The number of nitrogens with zero attached hydrogens (tertiary/aromatic N) is 1. The molecule has 2 amide bonds. The van der Waals surface area contributed by atoms with E-state index in [4.69, 9.17) is 4.74 Å². The summed E-state index contributed by atoms with van der Waals surface area (Å²) < 4.78 is 5.62. The second-order valence-electron chi connectivity index (χ2n) is 7.59. The number of likely N-dealkylation sites (N-methyl/N-ethyl adjacent to an activating group) is 1. The summed E-state index contributed by atoms with van der Waals surface area (Å²) >= 11 is 0. The Morgan fingerprint density at radius 3 is 2.11 bits per heavy atom. The average Bonchev–Trinajstić information content (AvgIpc) is 2.65. The maximum absolute atomic E-state index is 12.3. The average molecular weight is 368 g/mol. The third kappa shape index (κ3) is 5.84. The van der Waals surface area contributed by atoms with Crippen molar-refractivity contribution in [3.8, 4) is 5.75 Å². The Morgan fingerprint density at radius 2 is 1.59 bits per heavy atom. The van der Waals surface area contributed by atoms with Crippen LogP contribution in [0.5, 0.6) is 5.75 Å². The maximum atomic E-state index is 12.3. The van der Waals surface area contributed by atoms with Crippen molar-refractivity contribution in [3.05, 3.63) is 65.2 Å². The summed E-state index contributed by atoms with van der Waals surface area (Å²) in [5.41, 5.74) is 2.85. The summed E-state index contributed by atoms with van der Waals surface area (Å²) in [7, 11) is 3.33. The predicted molar refractivity (Wildman–Crippen MR) is 107 cm³/mol. The highest BCUT2D eigenvalue weighted by atomic mass is 16.5. The Hall–Kier alpha value is -2.82. The van der Waals surface area contributed by atoms with Crippen LogP contribution in [0.15, 0.2) is 48.5 Å². The largest absolute Gasteiger partial charge is 0.484 e. The number of hydrogen-bond acceptors (Lipinski definition) is 3. The molecule has 144 valence electrons. The highest BCUT2D eigenvalue weighted by Gasteiger charge is 2.14. The summed E-state index contributed by atoms with van der Waals surface area (Å²) in [6, 6.07) is 15.0. The molecule has 0 fully saturated rings. The quantitative estimate of drug-likeness (QED) is 0.850. The molecule has 0 atom stereocenters. The maximum Gasteiger partial charge on any atom is 0.260 e. The molecule has 0 saturated carbocycles. The molecule has 0 bridgehead atoms. The van der Waals surface area contributed by atoms with E-state index in [0.717, 1.165) is 5.56 Å². The number of ether oxygens (including phenoxy) is 1. The lowest BCUT2D eigenvalue weighted by atomic mass is 9.87. The SMILES string of the molecule is CNC(=O)c1ccc(CN(C)C(=O)COc2ccc(C(C)(C)C)cc2)cc1. The highest BCUT2D eigenvalue weighted by Crippen LogP contribution is 2.24. The summed E-state index contributed by atoms with van der Waals surface area (Å²) in [5.74, 6) is 0.446. The number of benzene rings is 2. The number of rotatable bonds is 6. The lowest BCUT2D eigenvalue weighted by Crippen LogP contribution is -2.31. The van der Waals surface area contributed by atoms with Gasteiger partial charge in [0.15, 0.2) is 6.61 Å². The fraction of sp³-hybridized carbons (Fsp3) is 0.364. The van der Waals surface area contributed by atoms with Crippen LogP contribution in [-0.2, 0) is 16.8 Å². The van der Waals surface area contributed by atoms with E-state index in [1.165, 1.54) is 5.56 Å². The molecular weight excluding hydrogens is 340 g/mol. The zero-order valence-corrected chi connectivity index (χ0v) is 16.7. The van der Waals surface area contributed by atoms with Gasteiger partial charge in [0.2, 0.25) is 0 Å². The summed E-state index contributed by atoms with van der Waals surface area (Å²) in [4.78, 5) is 25.5. The molecule has 0 saturated heterocycles. The topological polar surface area (TPSA) is 58.6 Å². The molecule has 0 radical (unpaired) electrons. The van der Waals surface area contributed by atoms with Crippen LogP contribution in [0.4, 0.5) is 0 Å². The molecule has 0 aliphatic rings. The van der Waals surface area contributed by atoms with Gasteiger partial charge in [0, 0.05) is 26.2 Å². The Morgan fingerprint density at radius 1 is 1.00 bits per heavy atom. The molecule has 2 aromatic carbocycles. The molecule has 5 heteroatoms. The number of hydrogen-bond donors (Lipinski definition) is 1. The van der Waals surface area contributed by atoms with Gasteiger partial charge in [-0.2, -0.15) is 0 Å². The molecule has 5 nitrogen and oxygen atoms in total. The minimum atomic E-state index is -0.128. The predicted octanol–water partition coefficient (Wildman–Crippen LogP) is 3.38. The zero-order valence-electron chi connectivity index (χ0n) is 16.7. The van der Waals surface area contributed by atoms with Gasteiger partial charge in [-0.1, -0.05) is 45.0 Å². The number of nitrogens with one attached hydrogen (secondary N) is 1. The van der Waals surface area contributed by atoms with E-state index in [-0.39, 0.29) is 23.8 Å². The second-order valence-corrected chi connectivity index (χ2v) is 7.59. The van der Waals surface area contributed by atoms with Gasteiger partial charge in [-0.05, 0) is 40.8 Å². The molecule has 0 aromatic heterocycles. The van der Waals surface area contributed by atoms with Crippen LogP contribution in [0.1, 0.15) is 42.3 Å². The van der Waals surface area contributed by atoms with E-state index in [9.17, 15) is 9.59 Å². The molecule has 0 aliphatic heterocycles. The fourth-order valence-corrected chi connectivity index (χ4v) is 2.57. The monoisotopic (exact) mass is 368 g/mol. The first-order chi connectivity index (χ1) is 12.7. The smallest absolute Gasteiger partial charge is 0.260 e. The Kier molecular flexibility index (Phi) is 6.61. The van der Waals surface area contributed by atoms with E-state index in [1.54, 1.807) is 31.1 Å². The van der Waals surface area contributed by atoms with E-state index in [2.05, 4.69) is 26.1 Å². The normalized spacial score (nSPS) is 11.0. The van der Waals surface area contributed by atoms with Gasteiger partial charge < -0.3 is 15.0 Å². The van der Waals surface area contributed by atoms with Crippen molar-refractivity contribution in [1.82, 2.24) is 10.2 Å². The van der Waals surface area contributed by atoms with E-state index in [1.807, 2.05) is 36.4 Å². The van der Waals surface area contributed by atoms with Crippen molar-refractivity contribution < 1.29 is 14.3 Å². The van der Waals surface area contributed by atoms with E-state index in [0.29, 0.717) is 17.9 Å². The van der Waals surface area contributed by atoms with Gasteiger partial charge in [0.05, 0.1) is 0 Å². The number of carbonyl (C=O) groups is 2. The number of carbonyl (C=O) groups excluding carboxylic acids is 2. The molecular formula is C22H28N2O3. The third-order valence-corrected chi connectivity index (χ3v) is 4.37. The first-order valence-corrected chi connectivity index (χ1v) is 8.99.